The largest absolute Gasteiger partial charge is 0.544 e. The van der Waals surface area contributed by atoms with Crippen LogP contribution in [0.4, 0.5) is 0 Å². The van der Waals surface area contributed by atoms with E-state index in [1.807, 2.05) is 0 Å². The Labute approximate surface area is 401 Å². The molecule has 0 N–H and O–H groups in total. The van der Waals surface area contributed by atoms with Crippen LogP contribution in [0.25, 0.3) is 0 Å². The second-order valence-electron chi connectivity index (χ2n) is 19.4. The third kappa shape index (κ3) is 46.2. The van der Waals surface area contributed by atoms with Gasteiger partial charge in [-0.05, 0) is 70.6 Å². The van der Waals surface area contributed by atoms with E-state index in [-0.39, 0.29) is 42.7 Å². The zero-order chi connectivity index (χ0) is 47.7. The molecule has 65 heavy (non-hydrogen) atoms. The predicted octanol–water partition coefficient (Wildman–Crippen LogP) is 14.6. The lowest BCUT2D eigenvalue weighted by Crippen LogP contribution is -2.55. The van der Waals surface area contributed by atoms with Crippen molar-refractivity contribution in [3.05, 3.63) is 48.6 Å². The summed E-state index contributed by atoms with van der Waals surface area (Å²) in [5, 5.41) is 11.7. The number of carbonyl (C=O) groups excluding carboxylic acids is 3. The minimum Gasteiger partial charge on any atom is -0.544 e. The molecule has 378 valence electrons. The Morgan fingerprint density at radius 3 is 1.29 bits per heavy atom. The van der Waals surface area contributed by atoms with Crippen LogP contribution in [0.5, 0.6) is 0 Å². The van der Waals surface area contributed by atoms with Crippen LogP contribution >= 0.6 is 0 Å². The average molecular weight is 914 g/mol. The van der Waals surface area contributed by atoms with E-state index in [0.29, 0.717) is 12.8 Å². The first-order valence-corrected chi connectivity index (χ1v) is 27.2. The van der Waals surface area contributed by atoms with Crippen molar-refractivity contribution in [3.8, 4) is 0 Å². The van der Waals surface area contributed by atoms with Gasteiger partial charge in [0.25, 0.3) is 0 Å². The minimum atomic E-state index is -1.12. The summed E-state index contributed by atoms with van der Waals surface area (Å²) in [5.41, 5.74) is 0. The number of nitrogens with zero attached hydrogens (tertiary/aromatic N) is 1. The van der Waals surface area contributed by atoms with Gasteiger partial charge in [0.15, 0.2) is 6.10 Å². The molecule has 0 aliphatic rings. The summed E-state index contributed by atoms with van der Waals surface area (Å²) in [6, 6.07) is -0.728. The van der Waals surface area contributed by atoms with Crippen molar-refractivity contribution in [2.24, 2.45) is 0 Å². The van der Waals surface area contributed by atoms with Crippen LogP contribution in [0.1, 0.15) is 245 Å². The van der Waals surface area contributed by atoms with Crippen LogP contribution in [-0.2, 0) is 28.6 Å². The lowest BCUT2D eigenvalue weighted by molar-refractivity contribution is -0.889. The molecule has 0 aromatic heterocycles. The summed E-state index contributed by atoms with van der Waals surface area (Å²) in [4.78, 5) is 37.1. The molecule has 0 radical (unpaired) electrons. The number of hydrogen-bond donors (Lipinski definition) is 0. The van der Waals surface area contributed by atoms with E-state index in [4.69, 9.17) is 14.2 Å². The number of rotatable bonds is 49. The maximum absolute atomic E-state index is 12.8. The van der Waals surface area contributed by atoms with Crippen LogP contribution in [0, 0.1) is 0 Å². The van der Waals surface area contributed by atoms with Crippen molar-refractivity contribution in [1.29, 1.82) is 0 Å². The maximum Gasteiger partial charge on any atom is 0.306 e. The summed E-state index contributed by atoms with van der Waals surface area (Å²) in [6.07, 6.45) is 58.6. The quantitative estimate of drug-likeness (QED) is 0.0259. The molecule has 0 amide bonds. The number of likely N-dealkylation sites (N-methyl/N-ethyl adjacent to an activating group) is 1. The Morgan fingerprint density at radius 1 is 0.477 bits per heavy atom. The Bertz CT molecular complexity index is 1200. The van der Waals surface area contributed by atoms with Gasteiger partial charge in [0.05, 0.1) is 40.3 Å². The van der Waals surface area contributed by atoms with E-state index in [0.717, 1.165) is 57.8 Å². The SMILES string of the molecule is CC/C=C/C/C=C/C/C=C/CCCCCCCCCCCCCC(=O)OCC(COCCC(C(=O)[O-])[N+](C)(C)C)OC(=O)CCCCCCCCC/C=C/CCCCCCCCCCC. The number of allylic oxidation sites excluding steroid dienone is 8. The number of carboxylic acid groups (broad SMARTS) is 1. The van der Waals surface area contributed by atoms with Gasteiger partial charge >= 0.3 is 11.9 Å². The number of carbonyl (C=O) groups is 3. The molecular weight excluding hydrogens is 811 g/mol. The fourth-order valence-electron chi connectivity index (χ4n) is 8.02. The number of unbranched alkanes of at least 4 members (excludes halogenated alkanes) is 27. The van der Waals surface area contributed by atoms with Gasteiger partial charge in [-0.1, -0.05) is 204 Å². The van der Waals surface area contributed by atoms with Crippen molar-refractivity contribution < 1.29 is 38.2 Å². The molecule has 0 aliphatic carbocycles. The fraction of sp³-hybridized carbons (Fsp3) is 0.807. The molecule has 0 aliphatic heterocycles. The molecule has 0 bridgehead atoms. The Balaban J connectivity index is 4.20. The number of esters is 2. The van der Waals surface area contributed by atoms with Crippen molar-refractivity contribution in [2.45, 2.75) is 257 Å². The van der Waals surface area contributed by atoms with Crippen LogP contribution in [0.3, 0.4) is 0 Å². The van der Waals surface area contributed by atoms with Crippen molar-refractivity contribution in [3.63, 3.8) is 0 Å². The van der Waals surface area contributed by atoms with Gasteiger partial charge in [0.2, 0.25) is 0 Å². The molecule has 0 saturated carbocycles. The van der Waals surface area contributed by atoms with Crippen LogP contribution < -0.4 is 5.11 Å². The molecule has 0 spiro atoms. The number of hydrogen-bond acceptors (Lipinski definition) is 7. The summed E-state index contributed by atoms with van der Waals surface area (Å²) >= 11 is 0. The molecule has 8 heteroatoms. The van der Waals surface area contributed by atoms with Crippen LogP contribution in [-0.4, -0.2) is 75.5 Å². The number of quaternary nitrogens is 1. The summed E-state index contributed by atoms with van der Waals surface area (Å²) in [6.45, 7) is 4.58. The van der Waals surface area contributed by atoms with E-state index < -0.39 is 18.1 Å². The highest BCUT2D eigenvalue weighted by molar-refractivity contribution is 5.70. The summed E-state index contributed by atoms with van der Waals surface area (Å²) in [7, 11) is 5.42. The zero-order valence-electron chi connectivity index (χ0n) is 43.2. The van der Waals surface area contributed by atoms with E-state index in [9.17, 15) is 19.5 Å². The van der Waals surface area contributed by atoms with Gasteiger partial charge in [0.1, 0.15) is 12.6 Å². The Kier molecular flexibility index (Phi) is 45.8. The van der Waals surface area contributed by atoms with Crippen LogP contribution in [0.15, 0.2) is 48.6 Å². The van der Waals surface area contributed by atoms with Gasteiger partial charge in [-0.25, -0.2) is 0 Å². The smallest absolute Gasteiger partial charge is 0.306 e. The molecule has 2 atom stereocenters. The van der Waals surface area contributed by atoms with Crippen molar-refractivity contribution in [2.75, 3.05) is 41.0 Å². The standard InChI is InChI=1S/C57H103NO7/c1-6-8-10-12-14-16-18-20-22-24-26-28-30-31-33-35-37-39-41-43-45-47-55(59)64-52-53(51-63-50-49-54(57(61)62)58(3,4)5)65-56(60)48-46-44-42-40-38-36-34-32-29-27-25-23-21-19-17-15-13-11-9-7-2/h8,10,14,16,20,22,27,29,53-54H,6-7,9,11-13,15,17-19,21,23-26,28,30-52H2,1-5H3/b10-8+,16-14+,22-20+,29-27+. The minimum absolute atomic E-state index is 0.0392. The highest BCUT2D eigenvalue weighted by Gasteiger charge is 2.25. The van der Waals surface area contributed by atoms with Gasteiger partial charge < -0.3 is 28.6 Å². The Morgan fingerprint density at radius 2 is 0.862 bits per heavy atom. The zero-order valence-corrected chi connectivity index (χ0v) is 43.2. The normalized spacial score (nSPS) is 13.2. The van der Waals surface area contributed by atoms with E-state index >= 15 is 0 Å². The molecule has 8 nitrogen and oxygen atoms in total. The molecule has 0 aromatic carbocycles. The van der Waals surface area contributed by atoms with E-state index in [1.54, 1.807) is 21.1 Å². The molecular formula is C57H103NO7. The number of carboxylic acids is 1. The van der Waals surface area contributed by atoms with E-state index in [2.05, 4.69) is 62.5 Å². The number of ether oxygens (including phenoxy) is 3. The first kappa shape index (κ1) is 62.3. The van der Waals surface area contributed by atoms with Gasteiger partial charge in [-0.2, -0.15) is 0 Å². The maximum atomic E-state index is 12.8. The molecule has 2 unspecified atom stereocenters. The lowest BCUT2D eigenvalue weighted by Gasteiger charge is -2.34. The highest BCUT2D eigenvalue weighted by atomic mass is 16.6. The van der Waals surface area contributed by atoms with E-state index in [1.165, 1.54) is 154 Å². The second kappa shape index (κ2) is 47.8. The van der Waals surface area contributed by atoms with Gasteiger partial charge in [-0.15, -0.1) is 0 Å². The average Bonchev–Trinajstić information content (AvgIpc) is 3.27. The molecule has 0 saturated heterocycles. The van der Waals surface area contributed by atoms with Crippen LogP contribution in [0.2, 0.25) is 0 Å². The molecule has 0 heterocycles. The molecule has 0 rings (SSSR count). The van der Waals surface area contributed by atoms with Crippen molar-refractivity contribution in [1.82, 2.24) is 0 Å². The first-order chi connectivity index (χ1) is 31.6. The third-order valence-electron chi connectivity index (χ3n) is 12.2. The Hall–Kier alpha value is -2.71. The summed E-state index contributed by atoms with van der Waals surface area (Å²) in [5.74, 6) is -1.73. The highest BCUT2D eigenvalue weighted by Crippen LogP contribution is 2.16. The third-order valence-corrected chi connectivity index (χ3v) is 12.2. The molecule has 0 aromatic rings. The first-order valence-electron chi connectivity index (χ1n) is 27.2. The lowest BCUT2D eigenvalue weighted by atomic mass is 10.0. The summed E-state index contributed by atoms with van der Waals surface area (Å²) < 4.78 is 17.3. The van der Waals surface area contributed by atoms with Gasteiger partial charge in [-0.3, -0.25) is 9.59 Å². The van der Waals surface area contributed by atoms with Gasteiger partial charge in [0, 0.05) is 19.3 Å². The topological polar surface area (TPSA) is 102 Å². The predicted molar refractivity (Wildman–Crippen MR) is 273 cm³/mol. The fourth-order valence-corrected chi connectivity index (χ4v) is 8.02. The monoisotopic (exact) mass is 914 g/mol. The number of aliphatic carboxylic acids is 1. The second-order valence-corrected chi connectivity index (χ2v) is 19.4. The molecule has 0 fully saturated rings. The van der Waals surface area contributed by atoms with Crippen molar-refractivity contribution >= 4 is 17.9 Å².